The zero-order valence-electron chi connectivity index (χ0n) is 13.4. The fourth-order valence-corrected chi connectivity index (χ4v) is 3.42. The number of hydrogen-bond acceptors (Lipinski definition) is 2. The van der Waals surface area contributed by atoms with Crippen LogP contribution in [0.1, 0.15) is 42.9 Å². The minimum absolute atomic E-state index is 0.531. The van der Waals surface area contributed by atoms with Crippen molar-refractivity contribution < 1.29 is 4.74 Å². The molecule has 1 aromatic carbocycles. The molecule has 1 saturated carbocycles. The molecule has 1 fully saturated rings. The van der Waals surface area contributed by atoms with Crippen LogP contribution in [0.5, 0.6) is 0 Å². The zero-order chi connectivity index (χ0) is 14.5. The molecular weight excluding hydrogens is 246 g/mol. The summed E-state index contributed by atoms with van der Waals surface area (Å²) in [5, 5.41) is 3.49. The first-order chi connectivity index (χ1) is 9.60. The maximum absolute atomic E-state index is 5.65. The number of hydrogen-bond donors (Lipinski definition) is 1. The number of ether oxygens (including phenoxy) is 1. The summed E-state index contributed by atoms with van der Waals surface area (Å²) in [6, 6.07) is 7.47. The third-order valence-electron chi connectivity index (χ3n) is 4.38. The average molecular weight is 275 g/mol. The second-order valence-electron chi connectivity index (χ2n) is 6.34. The van der Waals surface area contributed by atoms with Crippen LogP contribution in [0.4, 0.5) is 0 Å². The van der Waals surface area contributed by atoms with Crippen molar-refractivity contribution in [2.45, 2.75) is 58.6 Å². The van der Waals surface area contributed by atoms with E-state index in [2.05, 4.69) is 51.3 Å². The highest BCUT2D eigenvalue weighted by Gasteiger charge is 2.31. The molecule has 0 aliphatic heterocycles. The second-order valence-corrected chi connectivity index (χ2v) is 6.34. The molecule has 1 N–H and O–H groups in total. The highest BCUT2D eigenvalue weighted by Crippen LogP contribution is 2.34. The molecule has 2 heteroatoms. The summed E-state index contributed by atoms with van der Waals surface area (Å²) in [6.45, 7) is 7.31. The van der Waals surface area contributed by atoms with Gasteiger partial charge in [-0.25, -0.2) is 0 Å². The summed E-state index contributed by atoms with van der Waals surface area (Å²) in [6.07, 6.45) is 5.43. The van der Waals surface area contributed by atoms with E-state index in [9.17, 15) is 0 Å². The fourth-order valence-electron chi connectivity index (χ4n) is 3.42. The molecule has 1 unspecified atom stereocenters. The van der Waals surface area contributed by atoms with Gasteiger partial charge in [0.15, 0.2) is 0 Å². The van der Waals surface area contributed by atoms with E-state index in [0.29, 0.717) is 12.1 Å². The first-order valence-corrected chi connectivity index (χ1v) is 7.96. The summed E-state index contributed by atoms with van der Waals surface area (Å²) >= 11 is 0. The lowest BCUT2D eigenvalue weighted by molar-refractivity contribution is -0.0288. The van der Waals surface area contributed by atoms with Gasteiger partial charge in [0.2, 0.25) is 0 Å². The van der Waals surface area contributed by atoms with Crippen molar-refractivity contribution in [3.05, 3.63) is 34.9 Å². The minimum Gasteiger partial charge on any atom is -0.378 e. The Balaban J connectivity index is 1.83. The van der Waals surface area contributed by atoms with E-state index in [1.807, 2.05) is 0 Å². The SMILES string of the molecule is CCOC1CC(CC(Cc2cc(C)cc(C)c2)NC)C1. The topological polar surface area (TPSA) is 21.3 Å². The standard InChI is InChI=1S/C18H29NO/c1-5-20-18-11-16(12-18)10-17(19-4)9-15-7-13(2)6-14(3)8-15/h6-8,16-19H,5,9-12H2,1-4H3. The fraction of sp³-hybridized carbons (Fsp3) is 0.667. The van der Waals surface area contributed by atoms with Crippen molar-refractivity contribution in [3.8, 4) is 0 Å². The monoisotopic (exact) mass is 275 g/mol. The molecule has 0 aromatic heterocycles. The van der Waals surface area contributed by atoms with Crippen molar-refractivity contribution in [3.63, 3.8) is 0 Å². The zero-order valence-corrected chi connectivity index (χ0v) is 13.4. The number of benzene rings is 1. The predicted molar refractivity (Wildman–Crippen MR) is 85.2 cm³/mol. The van der Waals surface area contributed by atoms with E-state index >= 15 is 0 Å². The normalized spacial score (nSPS) is 23.4. The van der Waals surface area contributed by atoms with Crippen LogP contribution >= 0.6 is 0 Å². The third-order valence-corrected chi connectivity index (χ3v) is 4.38. The van der Waals surface area contributed by atoms with Crippen LogP contribution in [0.3, 0.4) is 0 Å². The molecule has 1 aromatic rings. The van der Waals surface area contributed by atoms with E-state index < -0.39 is 0 Å². The lowest BCUT2D eigenvalue weighted by Gasteiger charge is -2.37. The Morgan fingerprint density at radius 1 is 1.20 bits per heavy atom. The molecule has 1 atom stereocenters. The van der Waals surface area contributed by atoms with Gasteiger partial charge in [-0.15, -0.1) is 0 Å². The molecule has 0 saturated heterocycles. The Labute approximate surface area is 123 Å². The molecule has 1 aliphatic rings. The Kier molecular flexibility index (Phi) is 5.62. The third kappa shape index (κ3) is 4.32. The van der Waals surface area contributed by atoms with Gasteiger partial charge in [-0.2, -0.15) is 0 Å². The average Bonchev–Trinajstić information content (AvgIpc) is 2.33. The maximum atomic E-state index is 5.65. The Morgan fingerprint density at radius 2 is 1.85 bits per heavy atom. The van der Waals surface area contributed by atoms with Crippen LogP contribution in [0.2, 0.25) is 0 Å². The van der Waals surface area contributed by atoms with Crippen molar-refractivity contribution >= 4 is 0 Å². The van der Waals surface area contributed by atoms with Gasteiger partial charge >= 0.3 is 0 Å². The number of likely N-dealkylation sites (N-methyl/N-ethyl adjacent to an activating group) is 1. The lowest BCUT2D eigenvalue weighted by atomic mass is 9.77. The minimum atomic E-state index is 0.531. The number of nitrogens with one attached hydrogen (secondary N) is 1. The second kappa shape index (κ2) is 7.24. The van der Waals surface area contributed by atoms with Crippen molar-refractivity contribution in [1.29, 1.82) is 0 Å². The number of aryl methyl sites for hydroxylation is 2. The quantitative estimate of drug-likeness (QED) is 0.820. The van der Waals surface area contributed by atoms with Gasteiger partial charge in [0.05, 0.1) is 6.10 Å². The van der Waals surface area contributed by atoms with Gasteiger partial charge in [0.25, 0.3) is 0 Å². The lowest BCUT2D eigenvalue weighted by Crippen LogP contribution is -2.38. The van der Waals surface area contributed by atoms with Crippen LogP contribution < -0.4 is 5.32 Å². The van der Waals surface area contributed by atoms with Gasteiger partial charge < -0.3 is 10.1 Å². The molecule has 112 valence electrons. The largest absolute Gasteiger partial charge is 0.378 e. The molecule has 2 rings (SSSR count). The molecule has 0 amide bonds. The van der Waals surface area contributed by atoms with Gasteiger partial charge in [-0.05, 0) is 65.0 Å². The first-order valence-electron chi connectivity index (χ1n) is 7.96. The van der Waals surface area contributed by atoms with Gasteiger partial charge in [0.1, 0.15) is 0 Å². The molecule has 0 spiro atoms. The molecule has 1 aliphatic carbocycles. The Hall–Kier alpha value is -0.860. The van der Waals surface area contributed by atoms with Crippen LogP contribution in [-0.2, 0) is 11.2 Å². The van der Waals surface area contributed by atoms with E-state index in [-0.39, 0.29) is 0 Å². The summed E-state index contributed by atoms with van der Waals surface area (Å²) in [5.41, 5.74) is 4.20. The van der Waals surface area contributed by atoms with E-state index in [0.717, 1.165) is 18.9 Å². The summed E-state index contributed by atoms with van der Waals surface area (Å²) in [4.78, 5) is 0. The summed E-state index contributed by atoms with van der Waals surface area (Å²) in [7, 11) is 2.09. The predicted octanol–water partition coefficient (Wildman–Crippen LogP) is 3.64. The highest BCUT2D eigenvalue weighted by molar-refractivity contribution is 5.29. The first kappa shape index (κ1) is 15.5. The molecule has 0 heterocycles. The maximum Gasteiger partial charge on any atom is 0.0580 e. The number of rotatable bonds is 7. The van der Waals surface area contributed by atoms with Crippen LogP contribution in [0, 0.1) is 19.8 Å². The van der Waals surface area contributed by atoms with Crippen LogP contribution in [0.25, 0.3) is 0 Å². The van der Waals surface area contributed by atoms with E-state index in [1.165, 1.54) is 36.0 Å². The van der Waals surface area contributed by atoms with Crippen LogP contribution in [-0.4, -0.2) is 25.8 Å². The highest BCUT2D eigenvalue weighted by atomic mass is 16.5. The van der Waals surface area contributed by atoms with Gasteiger partial charge in [0, 0.05) is 12.6 Å². The summed E-state index contributed by atoms with van der Waals surface area (Å²) < 4.78 is 5.65. The van der Waals surface area contributed by atoms with Gasteiger partial charge in [-0.3, -0.25) is 0 Å². The molecule has 20 heavy (non-hydrogen) atoms. The summed E-state index contributed by atoms with van der Waals surface area (Å²) in [5.74, 6) is 0.843. The molecule has 2 nitrogen and oxygen atoms in total. The van der Waals surface area contributed by atoms with Crippen molar-refractivity contribution in [1.82, 2.24) is 5.32 Å². The Morgan fingerprint density at radius 3 is 2.40 bits per heavy atom. The van der Waals surface area contributed by atoms with Crippen molar-refractivity contribution in [2.75, 3.05) is 13.7 Å². The van der Waals surface area contributed by atoms with Crippen molar-refractivity contribution in [2.24, 2.45) is 5.92 Å². The smallest absolute Gasteiger partial charge is 0.0580 e. The molecule has 0 bridgehead atoms. The molecular formula is C18H29NO. The van der Waals surface area contributed by atoms with Crippen LogP contribution in [0.15, 0.2) is 18.2 Å². The molecule has 0 radical (unpaired) electrons. The van der Waals surface area contributed by atoms with E-state index in [4.69, 9.17) is 4.74 Å². The Bertz CT molecular complexity index is 403. The van der Waals surface area contributed by atoms with Gasteiger partial charge in [-0.1, -0.05) is 29.3 Å². The van der Waals surface area contributed by atoms with E-state index in [1.54, 1.807) is 0 Å².